The lowest BCUT2D eigenvalue weighted by Crippen LogP contribution is -2.19. The predicted octanol–water partition coefficient (Wildman–Crippen LogP) is 4.80. The molecule has 8 heteroatoms. The number of urea groups is 1. The minimum atomic E-state index is -0.453. The van der Waals surface area contributed by atoms with Gasteiger partial charge >= 0.3 is 6.03 Å². The van der Waals surface area contributed by atoms with Crippen LogP contribution in [0.4, 0.5) is 16.3 Å². The molecule has 0 atom stereocenters. The van der Waals surface area contributed by atoms with Crippen LogP contribution in [0.15, 0.2) is 59.3 Å². The van der Waals surface area contributed by atoms with E-state index in [0.717, 1.165) is 11.3 Å². The summed E-state index contributed by atoms with van der Waals surface area (Å²) < 4.78 is 7.08. The first-order chi connectivity index (χ1) is 14.7. The quantitative estimate of drug-likeness (QED) is 0.464. The molecule has 158 valence electrons. The minimum Gasteiger partial charge on any atom is -0.359 e. The van der Waals surface area contributed by atoms with E-state index in [9.17, 15) is 9.59 Å². The van der Waals surface area contributed by atoms with Gasteiger partial charge in [-0.3, -0.25) is 14.5 Å². The fraction of sp³-hybridized carbons (Fsp3) is 0.217. The Morgan fingerprint density at radius 3 is 2.45 bits per heavy atom. The first-order valence-electron chi connectivity index (χ1n) is 9.85. The zero-order valence-electron chi connectivity index (χ0n) is 17.8. The summed E-state index contributed by atoms with van der Waals surface area (Å²) in [6.07, 6.45) is 1.58. The molecule has 0 saturated carbocycles. The monoisotopic (exact) mass is 417 g/mol. The van der Waals surface area contributed by atoms with Gasteiger partial charge in [0.25, 0.3) is 0 Å². The molecule has 2 N–H and O–H groups in total. The Morgan fingerprint density at radius 1 is 1.03 bits per heavy atom. The summed E-state index contributed by atoms with van der Waals surface area (Å²) in [4.78, 5) is 29.5. The van der Waals surface area contributed by atoms with Gasteiger partial charge in [0.1, 0.15) is 17.1 Å². The predicted molar refractivity (Wildman–Crippen MR) is 118 cm³/mol. The number of hydrogen-bond donors (Lipinski definition) is 2. The second kappa shape index (κ2) is 7.71. The molecule has 3 heterocycles. The highest BCUT2D eigenvalue weighted by Crippen LogP contribution is 2.24. The number of fused-ring (bicyclic) bond motifs is 1. The first-order valence-corrected chi connectivity index (χ1v) is 9.85. The van der Waals surface area contributed by atoms with Crippen LogP contribution in [0.1, 0.15) is 48.3 Å². The Balaban J connectivity index is 1.45. The molecule has 0 aliphatic heterocycles. The molecule has 3 aromatic heterocycles. The highest BCUT2D eigenvalue weighted by Gasteiger charge is 2.20. The fourth-order valence-corrected chi connectivity index (χ4v) is 3.18. The van der Waals surface area contributed by atoms with Gasteiger partial charge in [-0.25, -0.2) is 9.78 Å². The van der Waals surface area contributed by atoms with Crippen LogP contribution in [0.5, 0.6) is 0 Å². The normalized spacial score (nSPS) is 11.5. The number of pyridine rings is 1. The summed E-state index contributed by atoms with van der Waals surface area (Å²) in [5.74, 6) is 0.862. The van der Waals surface area contributed by atoms with Gasteiger partial charge in [-0.05, 0) is 43.3 Å². The van der Waals surface area contributed by atoms with Crippen LogP contribution >= 0.6 is 0 Å². The van der Waals surface area contributed by atoms with E-state index in [4.69, 9.17) is 4.52 Å². The molecule has 8 nitrogen and oxygen atoms in total. The molecule has 0 saturated heterocycles. The van der Waals surface area contributed by atoms with Gasteiger partial charge in [0.05, 0.1) is 6.20 Å². The van der Waals surface area contributed by atoms with Crippen LogP contribution < -0.4 is 10.6 Å². The highest BCUT2D eigenvalue weighted by molar-refractivity contribution is 6.08. The molecular formula is C23H23N5O3. The lowest BCUT2D eigenvalue weighted by molar-refractivity contribution is 0.103. The molecule has 4 rings (SSSR count). The summed E-state index contributed by atoms with van der Waals surface area (Å²) in [6.45, 7) is 7.91. The molecule has 1 aromatic carbocycles. The van der Waals surface area contributed by atoms with Gasteiger partial charge in [-0.15, -0.1) is 0 Å². The molecule has 0 aliphatic carbocycles. The zero-order chi connectivity index (χ0) is 22.2. The Bertz CT molecular complexity index is 1260. The number of imidazole rings is 1. The Labute approximate surface area is 179 Å². The fourth-order valence-electron chi connectivity index (χ4n) is 3.18. The zero-order valence-corrected chi connectivity index (χ0v) is 17.8. The van der Waals surface area contributed by atoms with Gasteiger partial charge in [0.15, 0.2) is 5.82 Å². The van der Waals surface area contributed by atoms with E-state index in [2.05, 4.69) is 20.8 Å². The van der Waals surface area contributed by atoms with Crippen LogP contribution in [-0.2, 0) is 5.41 Å². The topological polar surface area (TPSA) is 102 Å². The molecular weight excluding hydrogens is 394 g/mol. The maximum atomic E-state index is 13.0. The van der Waals surface area contributed by atoms with E-state index >= 15 is 0 Å². The Morgan fingerprint density at radius 2 is 1.77 bits per heavy atom. The van der Waals surface area contributed by atoms with Gasteiger partial charge in [0.2, 0.25) is 5.78 Å². The second-order valence-electron chi connectivity index (χ2n) is 8.32. The summed E-state index contributed by atoms with van der Waals surface area (Å²) in [5.41, 5.74) is 2.99. The second-order valence-corrected chi connectivity index (χ2v) is 8.32. The molecule has 2 amide bonds. The molecule has 4 aromatic rings. The summed E-state index contributed by atoms with van der Waals surface area (Å²) in [6, 6.07) is 13.6. The van der Waals surface area contributed by atoms with E-state index in [1.165, 1.54) is 0 Å². The number of nitrogens with one attached hydrogen (secondary N) is 2. The van der Waals surface area contributed by atoms with Crippen LogP contribution in [-0.4, -0.2) is 26.4 Å². The maximum Gasteiger partial charge on any atom is 0.324 e. The standard InChI is InChI=1S/C23H23N5O3/c1-14-6-5-7-20-24-13-17(28(14)20)21(29)15-8-10-16(11-9-15)25-22(30)26-19-12-18(31-27-19)23(2,3)4/h5-13H,1-4H3,(H2,25,26,27,30). The number of rotatable bonds is 4. The Kier molecular flexibility index (Phi) is 5.06. The molecule has 0 aliphatic rings. The molecule has 0 bridgehead atoms. The van der Waals surface area contributed by atoms with Crippen molar-refractivity contribution in [2.24, 2.45) is 0 Å². The number of ketones is 1. The van der Waals surface area contributed by atoms with Crippen molar-refractivity contribution in [3.63, 3.8) is 0 Å². The lowest BCUT2D eigenvalue weighted by atomic mass is 9.93. The van der Waals surface area contributed by atoms with E-state index in [1.54, 1.807) is 36.5 Å². The number of amides is 2. The highest BCUT2D eigenvalue weighted by atomic mass is 16.5. The van der Waals surface area contributed by atoms with Gasteiger partial charge in [-0.1, -0.05) is 32.0 Å². The average molecular weight is 417 g/mol. The molecule has 0 radical (unpaired) electrons. The summed E-state index contributed by atoms with van der Waals surface area (Å²) in [5, 5.41) is 9.22. The van der Waals surface area contributed by atoms with Gasteiger partial charge in [-0.2, -0.15) is 0 Å². The Hall–Kier alpha value is -3.94. The number of nitrogens with zero attached hydrogens (tertiary/aromatic N) is 3. The lowest BCUT2D eigenvalue weighted by Gasteiger charge is -2.12. The first kappa shape index (κ1) is 20.3. The SMILES string of the molecule is Cc1cccc2ncc(C(=O)c3ccc(NC(=O)Nc4cc(C(C)(C)C)on4)cc3)n12. The van der Waals surface area contributed by atoms with Crippen LogP contribution in [0.3, 0.4) is 0 Å². The van der Waals surface area contributed by atoms with Crippen molar-refractivity contribution in [3.05, 3.63) is 77.4 Å². The van der Waals surface area contributed by atoms with E-state index in [0.29, 0.717) is 28.5 Å². The molecule has 0 fully saturated rings. The summed E-state index contributed by atoms with van der Waals surface area (Å²) >= 11 is 0. The smallest absolute Gasteiger partial charge is 0.324 e. The number of anilines is 2. The third-order valence-corrected chi connectivity index (χ3v) is 4.85. The van der Waals surface area contributed by atoms with Crippen molar-refractivity contribution >= 4 is 29.0 Å². The van der Waals surface area contributed by atoms with Crippen molar-refractivity contribution in [1.82, 2.24) is 14.5 Å². The van der Waals surface area contributed by atoms with Crippen molar-refractivity contribution in [1.29, 1.82) is 0 Å². The van der Waals surface area contributed by atoms with Gasteiger partial charge < -0.3 is 9.84 Å². The number of aromatic nitrogens is 3. The van der Waals surface area contributed by atoms with Crippen molar-refractivity contribution in [2.75, 3.05) is 10.6 Å². The number of carbonyl (C=O) groups is 2. The number of hydrogen-bond acceptors (Lipinski definition) is 5. The molecule has 0 unspecified atom stereocenters. The van der Waals surface area contributed by atoms with E-state index < -0.39 is 6.03 Å². The summed E-state index contributed by atoms with van der Waals surface area (Å²) in [7, 11) is 0. The maximum absolute atomic E-state index is 13.0. The van der Waals surface area contributed by atoms with Crippen LogP contribution in [0, 0.1) is 6.92 Å². The van der Waals surface area contributed by atoms with Crippen molar-refractivity contribution < 1.29 is 14.1 Å². The van der Waals surface area contributed by atoms with Gasteiger partial charge in [0, 0.05) is 28.4 Å². The van der Waals surface area contributed by atoms with Crippen molar-refractivity contribution in [2.45, 2.75) is 33.1 Å². The molecule has 31 heavy (non-hydrogen) atoms. The largest absolute Gasteiger partial charge is 0.359 e. The minimum absolute atomic E-state index is 0.143. The third kappa shape index (κ3) is 4.18. The average Bonchev–Trinajstić information content (AvgIpc) is 3.36. The van der Waals surface area contributed by atoms with Crippen molar-refractivity contribution in [3.8, 4) is 0 Å². The van der Waals surface area contributed by atoms with Crippen LogP contribution in [0.25, 0.3) is 5.65 Å². The third-order valence-electron chi connectivity index (χ3n) is 4.85. The number of benzene rings is 1. The molecule has 0 spiro atoms. The van der Waals surface area contributed by atoms with E-state index in [-0.39, 0.29) is 11.2 Å². The number of aryl methyl sites for hydroxylation is 1. The van der Waals surface area contributed by atoms with E-state index in [1.807, 2.05) is 50.3 Å². The number of carbonyl (C=O) groups excluding carboxylic acids is 2. The van der Waals surface area contributed by atoms with Crippen LogP contribution in [0.2, 0.25) is 0 Å².